The quantitative estimate of drug-likeness (QED) is 0.743. The molecule has 0 spiro atoms. The van der Waals surface area contributed by atoms with Crippen molar-refractivity contribution in [1.29, 1.82) is 0 Å². The summed E-state index contributed by atoms with van der Waals surface area (Å²) in [5, 5.41) is 12.0. The first kappa shape index (κ1) is 16.0. The summed E-state index contributed by atoms with van der Waals surface area (Å²) < 4.78 is 9.62. The Kier molecular flexibility index (Phi) is 4.58. The SMILES string of the molecule is Cn1nccc1[C@@H]1OCC[C@H]1CNCc1cccc(-n2cncn2)c1. The largest absolute Gasteiger partial charge is 0.372 e. The summed E-state index contributed by atoms with van der Waals surface area (Å²) in [4.78, 5) is 4.00. The number of aromatic nitrogens is 5. The zero-order valence-electron chi connectivity index (χ0n) is 14.2. The van der Waals surface area contributed by atoms with E-state index < -0.39 is 0 Å². The van der Waals surface area contributed by atoms with Gasteiger partial charge in [0.25, 0.3) is 0 Å². The Labute approximate surface area is 146 Å². The van der Waals surface area contributed by atoms with Crippen LogP contribution in [0, 0.1) is 5.92 Å². The van der Waals surface area contributed by atoms with Crippen molar-refractivity contribution in [1.82, 2.24) is 29.9 Å². The first-order valence-electron chi connectivity index (χ1n) is 8.55. The van der Waals surface area contributed by atoms with Crippen LogP contribution in [-0.4, -0.2) is 37.7 Å². The van der Waals surface area contributed by atoms with Crippen molar-refractivity contribution in [3.8, 4) is 5.69 Å². The molecule has 25 heavy (non-hydrogen) atoms. The van der Waals surface area contributed by atoms with Crippen LogP contribution in [0.25, 0.3) is 5.69 Å². The highest BCUT2D eigenvalue weighted by Gasteiger charge is 2.31. The van der Waals surface area contributed by atoms with E-state index in [9.17, 15) is 0 Å². The van der Waals surface area contributed by atoms with Crippen molar-refractivity contribution in [3.63, 3.8) is 0 Å². The van der Waals surface area contributed by atoms with Crippen LogP contribution in [0.3, 0.4) is 0 Å². The molecule has 1 aliphatic heterocycles. The second-order valence-electron chi connectivity index (χ2n) is 6.36. The Hall–Kier alpha value is -2.51. The van der Waals surface area contributed by atoms with Crippen molar-refractivity contribution < 1.29 is 4.74 Å². The van der Waals surface area contributed by atoms with E-state index in [1.807, 2.05) is 36.1 Å². The summed E-state index contributed by atoms with van der Waals surface area (Å²) in [5.74, 6) is 0.467. The lowest BCUT2D eigenvalue weighted by molar-refractivity contribution is 0.0838. The molecule has 1 aromatic carbocycles. The molecule has 0 radical (unpaired) electrons. The van der Waals surface area contributed by atoms with E-state index in [1.165, 1.54) is 5.56 Å². The predicted molar refractivity (Wildman–Crippen MR) is 93.1 cm³/mol. The fourth-order valence-corrected chi connectivity index (χ4v) is 3.39. The van der Waals surface area contributed by atoms with Gasteiger partial charge in [0.05, 0.1) is 11.4 Å². The van der Waals surface area contributed by atoms with Gasteiger partial charge in [0, 0.05) is 38.9 Å². The molecule has 0 aliphatic carbocycles. The molecule has 7 nitrogen and oxygen atoms in total. The molecule has 2 aromatic heterocycles. The molecule has 1 saturated heterocycles. The molecular weight excluding hydrogens is 316 g/mol. The van der Waals surface area contributed by atoms with Gasteiger partial charge in [-0.1, -0.05) is 12.1 Å². The molecule has 0 bridgehead atoms. The van der Waals surface area contributed by atoms with Gasteiger partial charge in [-0.2, -0.15) is 10.2 Å². The van der Waals surface area contributed by atoms with Crippen molar-refractivity contribution >= 4 is 0 Å². The standard InChI is InChI=1S/C18H22N6O/c1-23-17(5-7-21-23)18-15(6-8-25-18)11-19-10-14-3-2-4-16(9-14)24-13-20-12-22-24/h2-5,7,9,12-13,15,18-19H,6,8,10-11H2,1H3/t15-,18+/m0/s1. The van der Waals surface area contributed by atoms with Gasteiger partial charge in [0.15, 0.2) is 0 Å². The lowest BCUT2D eigenvalue weighted by Gasteiger charge is -2.19. The summed E-state index contributed by atoms with van der Waals surface area (Å²) in [7, 11) is 1.97. The number of benzene rings is 1. The van der Waals surface area contributed by atoms with Gasteiger partial charge in [-0.3, -0.25) is 4.68 Å². The maximum atomic E-state index is 5.94. The fraction of sp³-hybridized carbons (Fsp3) is 0.389. The number of rotatable bonds is 6. The second kappa shape index (κ2) is 7.16. The number of nitrogens with zero attached hydrogens (tertiary/aromatic N) is 5. The zero-order chi connectivity index (χ0) is 17.1. The minimum atomic E-state index is 0.126. The molecule has 1 aliphatic rings. The molecule has 0 amide bonds. The first-order chi connectivity index (χ1) is 12.3. The van der Waals surface area contributed by atoms with Gasteiger partial charge in [-0.05, 0) is 30.2 Å². The molecule has 130 valence electrons. The third-order valence-electron chi connectivity index (χ3n) is 4.69. The Balaban J connectivity index is 1.36. The third kappa shape index (κ3) is 3.47. The molecule has 2 atom stereocenters. The molecule has 7 heteroatoms. The Morgan fingerprint density at radius 1 is 1.28 bits per heavy atom. The predicted octanol–water partition coefficient (Wildman–Crippen LogP) is 1.87. The Bertz CT molecular complexity index is 813. The van der Waals surface area contributed by atoms with Crippen LogP contribution in [0.5, 0.6) is 0 Å². The van der Waals surface area contributed by atoms with Gasteiger partial charge < -0.3 is 10.1 Å². The first-order valence-corrected chi connectivity index (χ1v) is 8.55. The maximum absolute atomic E-state index is 5.94. The topological polar surface area (TPSA) is 69.8 Å². The highest BCUT2D eigenvalue weighted by Crippen LogP contribution is 2.33. The van der Waals surface area contributed by atoms with E-state index in [1.54, 1.807) is 17.3 Å². The molecule has 0 unspecified atom stereocenters. The molecule has 1 fully saturated rings. The lowest BCUT2D eigenvalue weighted by Crippen LogP contribution is -2.25. The van der Waals surface area contributed by atoms with E-state index in [2.05, 4.69) is 32.6 Å². The number of hydrogen-bond donors (Lipinski definition) is 1. The van der Waals surface area contributed by atoms with E-state index in [4.69, 9.17) is 4.74 Å². The van der Waals surface area contributed by atoms with Crippen molar-refractivity contribution in [3.05, 3.63) is 60.4 Å². The van der Waals surface area contributed by atoms with Crippen LogP contribution in [0.2, 0.25) is 0 Å². The minimum Gasteiger partial charge on any atom is -0.372 e. The number of hydrogen-bond acceptors (Lipinski definition) is 5. The molecule has 3 heterocycles. The zero-order valence-corrected chi connectivity index (χ0v) is 14.2. The number of aryl methyl sites for hydroxylation is 1. The van der Waals surface area contributed by atoms with E-state index >= 15 is 0 Å². The van der Waals surface area contributed by atoms with Crippen LogP contribution < -0.4 is 5.32 Å². The van der Waals surface area contributed by atoms with Gasteiger partial charge in [-0.15, -0.1) is 0 Å². The monoisotopic (exact) mass is 338 g/mol. The summed E-state index contributed by atoms with van der Waals surface area (Å²) in [6.07, 6.45) is 6.28. The summed E-state index contributed by atoms with van der Waals surface area (Å²) >= 11 is 0. The van der Waals surface area contributed by atoms with Crippen LogP contribution >= 0.6 is 0 Å². The van der Waals surface area contributed by atoms with E-state index in [0.29, 0.717) is 5.92 Å². The molecular formula is C18H22N6O. The summed E-state index contributed by atoms with van der Waals surface area (Å²) in [6.45, 7) is 2.55. The Morgan fingerprint density at radius 2 is 2.24 bits per heavy atom. The number of nitrogens with one attached hydrogen (secondary N) is 1. The number of ether oxygens (including phenoxy) is 1. The van der Waals surface area contributed by atoms with Crippen LogP contribution in [0.4, 0.5) is 0 Å². The summed E-state index contributed by atoms with van der Waals surface area (Å²) in [6, 6.07) is 10.4. The molecule has 1 N–H and O–H groups in total. The van der Waals surface area contributed by atoms with Gasteiger partial charge >= 0.3 is 0 Å². The Morgan fingerprint density at radius 3 is 3.04 bits per heavy atom. The van der Waals surface area contributed by atoms with Crippen molar-refractivity contribution in [2.75, 3.05) is 13.2 Å². The fourth-order valence-electron chi connectivity index (χ4n) is 3.39. The lowest BCUT2D eigenvalue weighted by atomic mass is 9.99. The average molecular weight is 338 g/mol. The molecule has 4 rings (SSSR count). The smallest absolute Gasteiger partial charge is 0.138 e. The van der Waals surface area contributed by atoms with E-state index in [0.717, 1.165) is 37.5 Å². The van der Waals surface area contributed by atoms with Gasteiger partial charge in [0.2, 0.25) is 0 Å². The second-order valence-corrected chi connectivity index (χ2v) is 6.36. The van der Waals surface area contributed by atoms with Crippen molar-refractivity contribution in [2.24, 2.45) is 13.0 Å². The molecule has 3 aromatic rings. The van der Waals surface area contributed by atoms with E-state index in [-0.39, 0.29) is 6.10 Å². The van der Waals surface area contributed by atoms with Gasteiger partial charge in [-0.25, -0.2) is 9.67 Å². The minimum absolute atomic E-state index is 0.126. The summed E-state index contributed by atoms with van der Waals surface area (Å²) in [5.41, 5.74) is 3.40. The maximum Gasteiger partial charge on any atom is 0.138 e. The molecule has 0 saturated carbocycles. The average Bonchev–Trinajstić information content (AvgIpc) is 3.36. The third-order valence-corrected chi connectivity index (χ3v) is 4.69. The normalized spacial score (nSPS) is 20.2. The van der Waals surface area contributed by atoms with Crippen LogP contribution in [0.1, 0.15) is 23.8 Å². The highest BCUT2D eigenvalue weighted by atomic mass is 16.5. The van der Waals surface area contributed by atoms with Crippen LogP contribution in [0.15, 0.2) is 49.2 Å². The highest BCUT2D eigenvalue weighted by molar-refractivity contribution is 5.34. The van der Waals surface area contributed by atoms with Crippen LogP contribution in [-0.2, 0) is 18.3 Å². The van der Waals surface area contributed by atoms with Gasteiger partial charge in [0.1, 0.15) is 18.8 Å². The van der Waals surface area contributed by atoms with Crippen molar-refractivity contribution in [2.45, 2.75) is 19.1 Å².